The van der Waals surface area contributed by atoms with Crippen LogP contribution in [0.1, 0.15) is 18.9 Å². The molecule has 0 spiro atoms. The molecule has 1 atom stereocenters. The predicted octanol–water partition coefficient (Wildman–Crippen LogP) is 5.21. The first-order valence-corrected chi connectivity index (χ1v) is 10.8. The van der Waals surface area contributed by atoms with Crippen molar-refractivity contribution in [3.8, 4) is 5.75 Å². The molecule has 1 aliphatic heterocycles. The molecule has 1 heterocycles. The number of rotatable bonds is 7. The Kier molecular flexibility index (Phi) is 7.47. The van der Waals surface area contributed by atoms with E-state index in [9.17, 15) is 0 Å². The minimum absolute atomic E-state index is 0.308. The minimum atomic E-state index is 0.308. The highest BCUT2D eigenvalue weighted by Gasteiger charge is 2.27. The standard InChI is InChI=1S/C21H27BrN2O2S/c1-4-10-24-13-17(15-26-14-16-8-6-5-7-9-16)23(2)27-21-12-20(25-3)18(22)11-19(21)24/h5-9,11-12,17H,4,10,13-15H2,1-3H3. The molecule has 146 valence electrons. The summed E-state index contributed by atoms with van der Waals surface area (Å²) in [5.41, 5.74) is 2.47. The lowest BCUT2D eigenvalue weighted by Gasteiger charge is -2.29. The lowest BCUT2D eigenvalue weighted by Crippen LogP contribution is -2.41. The molecular weight excluding hydrogens is 424 g/mol. The number of halogens is 1. The van der Waals surface area contributed by atoms with Crippen LogP contribution in [0.5, 0.6) is 5.75 Å². The molecule has 2 aromatic carbocycles. The Morgan fingerprint density at radius 3 is 2.70 bits per heavy atom. The summed E-state index contributed by atoms with van der Waals surface area (Å²) >= 11 is 5.40. The summed E-state index contributed by atoms with van der Waals surface area (Å²) in [4.78, 5) is 3.68. The first-order chi connectivity index (χ1) is 13.1. The summed E-state index contributed by atoms with van der Waals surface area (Å²) in [6, 6.07) is 15.0. The topological polar surface area (TPSA) is 24.9 Å². The zero-order valence-corrected chi connectivity index (χ0v) is 18.6. The van der Waals surface area contributed by atoms with Crippen molar-refractivity contribution in [2.24, 2.45) is 0 Å². The van der Waals surface area contributed by atoms with E-state index in [1.165, 1.54) is 16.1 Å². The molecule has 0 fully saturated rings. The lowest BCUT2D eigenvalue weighted by atomic mass is 10.2. The van der Waals surface area contributed by atoms with Crippen LogP contribution in [0, 0.1) is 0 Å². The third kappa shape index (κ3) is 5.19. The molecule has 0 N–H and O–H groups in total. The van der Waals surface area contributed by atoms with E-state index in [4.69, 9.17) is 9.47 Å². The number of ether oxygens (including phenoxy) is 2. The van der Waals surface area contributed by atoms with Gasteiger partial charge in [-0.3, -0.25) is 0 Å². The fraction of sp³-hybridized carbons (Fsp3) is 0.429. The van der Waals surface area contributed by atoms with Crippen molar-refractivity contribution in [1.82, 2.24) is 4.31 Å². The Hall–Kier alpha value is -1.21. The van der Waals surface area contributed by atoms with E-state index in [1.54, 1.807) is 19.1 Å². The number of methoxy groups -OCH3 is 1. The molecule has 6 heteroatoms. The highest BCUT2D eigenvalue weighted by Crippen LogP contribution is 2.42. The van der Waals surface area contributed by atoms with Crippen LogP contribution in [0.25, 0.3) is 0 Å². The van der Waals surface area contributed by atoms with E-state index in [0.29, 0.717) is 19.3 Å². The quantitative estimate of drug-likeness (QED) is 0.538. The van der Waals surface area contributed by atoms with Gasteiger partial charge in [-0.15, -0.1) is 0 Å². The predicted molar refractivity (Wildman–Crippen MR) is 117 cm³/mol. The summed E-state index contributed by atoms with van der Waals surface area (Å²) in [6.07, 6.45) is 1.11. The average molecular weight is 451 g/mol. The zero-order valence-electron chi connectivity index (χ0n) is 16.2. The number of nitrogens with zero attached hydrogens (tertiary/aromatic N) is 2. The average Bonchev–Trinajstić information content (AvgIpc) is 2.79. The van der Waals surface area contributed by atoms with Gasteiger partial charge in [0.25, 0.3) is 0 Å². The monoisotopic (exact) mass is 450 g/mol. The molecule has 0 saturated heterocycles. The van der Waals surface area contributed by atoms with E-state index in [1.807, 2.05) is 6.07 Å². The van der Waals surface area contributed by atoms with Crippen LogP contribution in [0.15, 0.2) is 51.8 Å². The fourth-order valence-electron chi connectivity index (χ4n) is 3.22. The van der Waals surface area contributed by atoms with Gasteiger partial charge in [0.2, 0.25) is 0 Å². The zero-order chi connectivity index (χ0) is 19.2. The molecule has 0 radical (unpaired) electrons. The van der Waals surface area contributed by atoms with Gasteiger partial charge in [0, 0.05) is 13.1 Å². The molecule has 3 rings (SSSR count). The summed E-state index contributed by atoms with van der Waals surface area (Å²) in [5, 5.41) is 0. The molecule has 0 aliphatic carbocycles. The van der Waals surface area contributed by atoms with Gasteiger partial charge >= 0.3 is 0 Å². The molecule has 0 amide bonds. The Balaban J connectivity index is 1.74. The van der Waals surface area contributed by atoms with Crippen LogP contribution in [0.2, 0.25) is 0 Å². The second-order valence-electron chi connectivity index (χ2n) is 6.69. The first kappa shape index (κ1) is 20.5. The van der Waals surface area contributed by atoms with Crippen molar-refractivity contribution in [3.05, 3.63) is 52.5 Å². The number of likely N-dealkylation sites (N-methyl/N-ethyl adjacent to an activating group) is 1. The molecule has 2 aromatic rings. The van der Waals surface area contributed by atoms with E-state index in [-0.39, 0.29) is 0 Å². The molecule has 0 aromatic heterocycles. The maximum Gasteiger partial charge on any atom is 0.134 e. The van der Waals surface area contributed by atoms with Gasteiger partial charge in [-0.25, -0.2) is 4.31 Å². The first-order valence-electron chi connectivity index (χ1n) is 9.27. The molecule has 4 nitrogen and oxygen atoms in total. The molecule has 0 bridgehead atoms. The Morgan fingerprint density at radius 2 is 2.00 bits per heavy atom. The van der Waals surface area contributed by atoms with Crippen molar-refractivity contribution in [2.75, 3.05) is 38.8 Å². The molecule has 0 saturated carbocycles. The number of hydrogen-bond donors (Lipinski definition) is 0. The Morgan fingerprint density at radius 1 is 1.22 bits per heavy atom. The summed E-state index contributed by atoms with van der Waals surface area (Å²) in [6.45, 7) is 5.54. The smallest absolute Gasteiger partial charge is 0.134 e. The number of anilines is 1. The number of fused-ring (bicyclic) bond motifs is 1. The SMILES string of the molecule is CCCN1CC(COCc2ccccc2)N(C)Sc2cc(OC)c(Br)cc21. The van der Waals surface area contributed by atoms with Crippen LogP contribution in [-0.2, 0) is 11.3 Å². The Bertz CT molecular complexity index is 744. The van der Waals surface area contributed by atoms with Gasteiger partial charge in [0.15, 0.2) is 0 Å². The van der Waals surface area contributed by atoms with Crippen LogP contribution in [-0.4, -0.2) is 44.2 Å². The van der Waals surface area contributed by atoms with Crippen LogP contribution in [0.3, 0.4) is 0 Å². The molecule has 27 heavy (non-hydrogen) atoms. The normalized spacial score (nSPS) is 17.5. The minimum Gasteiger partial charge on any atom is -0.496 e. The van der Waals surface area contributed by atoms with Crippen molar-refractivity contribution in [2.45, 2.75) is 30.9 Å². The lowest BCUT2D eigenvalue weighted by molar-refractivity contribution is 0.0868. The van der Waals surface area contributed by atoms with E-state index >= 15 is 0 Å². The molecular formula is C21H27BrN2O2S. The van der Waals surface area contributed by atoms with Crippen molar-refractivity contribution < 1.29 is 9.47 Å². The fourth-order valence-corrected chi connectivity index (χ4v) is 4.75. The van der Waals surface area contributed by atoms with E-state index < -0.39 is 0 Å². The van der Waals surface area contributed by atoms with E-state index in [0.717, 1.165) is 29.7 Å². The van der Waals surface area contributed by atoms with Crippen LogP contribution < -0.4 is 9.64 Å². The Labute approximate surface area is 175 Å². The highest BCUT2D eigenvalue weighted by molar-refractivity contribution is 9.10. The van der Waals surface area contributed by atoms with Gasteiger partial charge in [0.1, 0.15) is 5.75 Å². The van der Waals surface area contributed by atoms with Crippen LogP contribution >= 0.6 is 27.9 Å². The second kappa shape index (κ2) is 9.82. The van der Waals surface area contributed by atoms with Gasteiger partial charge in [0.05, 0.1) is 41.4 Å². The number of benzene rings is 2. The van der Waals surface area contributed by atoms with Crippen molar-refractivity contribution in [3.63, 3.8) is 0 Å². The summed E-state index contributed by atoms with van der Waals surface area (Å²) < 4.78 is 14.9. The van der Waals surface area contributed by atoms with E-state index in [2.05, 4.69) is 75.5 Å². The maximum absolute atomic E-state index is 6.06. The third-order valence-corrected chi connectivity index (χ3v) is 6.41. The van der Waals surface area contributed by atoms with Crippen molar-refractivity contribution >= 4 is 33.6 Å². The molecule has 1 aliphatic rings. The van der Waals surface area contributed by atoms with Crippen LogP contribution in [0.4, 0.5) is 5.69 Å². The van der Waals surface area contributed by atoms with Gasteiger partial charge in [-0.2, -0.15) is 0 Å². The summed E-state index contributed by atoms with van der Waals surface area (Å²) in [5.74, 6) is 0.866. The second-order valence-corrected chi connectivity index (χ2v) is 8.75. The van der Waals surface area contributed by atoms with Crippen molar-refractivity contribution in [1.29, 1.82) is 0 Å². The van der Waals surface area contributed by atoms with Gasteiger partial charge in [-0.1, -0.05) is 37.3 Å². The largest absolute Gasteiger partial charge is 0.496 e. The maximum atomic E-state index is 6.06. The summed E-state index contributed by atoms with van der Waals surface area (Å²) in [7, 11) is 3.86. The molecule has 1 unspecified atom stereocenters. The number of hydrogen-bond acceptors (Lipinski definition) is 5. The highest BCUT2D eigenvalue weighted by atomic mass is 79.9. The third-order valence-electron chi connectivity index (χ3n) is 4.68. The van der Waals surface area contributed by atoms with Gasteiger partial charge in [-0.05, 0) is 59.0 Å². The van der Waals surface area contributed by atoms with Gasteiger partial charge < -0.3 is 14.4 Å².